The van der Waals surface area contributed by atoms with Crippen LogP contribution >= 0.6 is 0 Å². The molecule has 3 N–H and O–H groups in total. The molecule has 0 aliphatic heterocycles. The topological polar surface area (TPSA) is 64.3 Å². The monoisotopic (exact) mass is 278 g/mol. The van der Waals surface area contributed by atoms with Crippen molar-refractivity contribution >= 4 is 5.91 Å². The highest BCUT2D eigenvalue weighted by Gasteiger charge is 2.09. The van der Waals surface area contributed by atoms with Crippen molar-refractivity contribution in [2.75, 3.05) is 0 Å². The lowest BCUT2D eigenvalue weighted by atomic mass is 10.1. The SMILES string of the molecule is NNC(=O)c1ccc(COc2cccc(F)c2F)cc1. The Kier molecular flexibility index (Phi) is 4.27. The Bertz CT molecular complexity index is 615. The van der Waals surface area contributed by atoms with Gasteiger partial charge in [0.15, 0.2) is 11.6 Å². The van der Waals surface area contributed by atoms with E-state index in [0.717, 1.165) is 6.07 Å². The number of nitrogens with one attached hydrogen (secondary N) is 1. The van der Waals surface area contributed by atoms with Gasteiger partial charge in [-0.25, -0.2) is 10.2 Å². The van der Waals surface area contributed by atoms with Crippen LogP contribution in [-0.4, -0.2) is 5.91 Å². The largest absolute Gasteiger partial charge is 0.486 e. The van der Waals surface area contributed by atoms with E-state index in [9.17, 15) is 13.6 Å². The molecule has 1 amide bonds. The summed E-state index contributed by atoms with van der Waals surface area (Å²) in [6.07, 6.45) is 0. The second kappa shape index (κ2) is 6.12. The van der Waals surface area contributed by atoms with Gasteiger partial charge in [-0.05, 0) is 29.8 Å². The highest BCUT2D eigenvalue weighted by Crippen LogP contribution is 2.20. The van der Waals surface area contributed by atoms with Gasteiger partial charge in [0.25, 0.3) is 5.91 Å². The molecule has 2 aromatic rings. The van der Waals surface area contributed by atoms with E-state index in [0.29, 0.717) is 11.1 Å². The zero-order chi connectivity index (χ0) is 14.5. The highest BCUT2D eigenvalue weighted by atomic mass is 19.2. The molecule has 2 aromatic carbocycles. The van der Waals surface area contributed by atoms with Crippen LogP contribution in [-0.2, 0) is 6.61 Å². The number of carbonyl (C=O) groups is 1. The summed E-state index contributed by atoms with van der Waals surface area (Å²) in [4.78, 5) is 11.2. The van der Waals surface area contributed by atoms with E-state index in [2.05, 4.69) is 0 Å². The van der Waals surface area contributed by atoms with Crippen molar-refractivity contribution in [2.45, 2.75) is 6.61 Å². The quantitative estimate of drug-likeness (QED) is 0.511. The van der Waals surface area contributed by atoms with Crippen LogP contribution in [0.2, 0.25) is 0 Å². The first-order valence-electron chi connectivity index (χ1n) is 5.78. The highest BCUT2D eigenvalue weighted by molar-refractivity contribution is 5.93. The Morgan fingerprint density at radius 2 is 1.85 bits per heavy atom. The Morgan fingerprint density at radius 1 is 1.15 bits per heavy atom. The number of hydrogen-bond donors (Lipinski definition) is 2. The normalized spacial score (nSPS) is 10.2. The second-order valence-electron chi connectivity index (χ2n) is 4.01. The maximum atomic E-state index is 13.4. The predicted molar refractivity (Wildman–Crippen MR) is 68.8 cm³/mol. The third-order valence-electron chi connectivity index (χ3n) is 2.66. The molecular weight excluding hydrogens is 266 g/mol. The number of benzene rings is 2. The summed E-state index contributed by atoms with van der Waals surface area (Å²) in [7, 11) is 0. The molecule has 0 spiro atoms. The van der Waals surface area contributed by atoms with Gasteiger partial charge < -0.3 is 4.74 Å². The number of rotatable bonds is 4. The molecule has 4 nitrogen and oxygen atoms in total. The average Bonchev–Trinajstić information content (AvgIpc) is 2.48. The van der Waals surface area contributed by atoms with Crippen LogP contribution < -0.4 is 16.0 Å². The Balaban J connectivity index is 2.04. The Labute approximate surface area is 114 Å². The molecule has 0 aliphatic rings. The lowest BCUT2D eigenvalue weighted by Crippen LogP contribution is -2.29. The average molecular weight is 278 g/mol. The third kappa shape index (κ3) is 3.10. The summed E-state index contributed by atoms with van der Waals surface area (Å²) in [5, 5.41) is 0. The fourth-order valence-electron chi connectivity index (χ4n) is 1.59. The van der Waals surface area contributed by atoms with Crippen LogP contribution in [0, 0.1) is 11.6 Å². The molecule has 0 heterocycles. The minimum Gasteiger partial charge on any atom is -0.486 e. The second-order valence-corrected chi connectivity index (χ2v) is 4.01. The van der Waals surface area contributed by atoms with Crippen molar-refractivity contribution in [3.63, 3.8) is 0 Å². The van der Waals surface area contributed by atoms with Crippen molar-refractivity contribution in [2.24, 2.45) is 5.84 Å². The van der Waals surface area contributed by atoms with Gasteiger partial charge in [-0.15, -0.1) is 0 Å². The number of halogens is 2. The van der Waals surface area contributed by atoms with Crippen molar-refractivity contribution in [1.82, 2.24) is 5.43 Å². The molecule has 0 unspecified atom stereocenters. The first kappa shape index (κ1) is 14.0. The van der Waals surface area contributed by atoms with E-state index in [1.54, 1.807) is 24.3 Å². The van der Waals surface area contributed by atoms with Crippen LogP contribution in [0.3, 0.4) is 0 Å². The minimum atomic E-state index is -1.02. The zero-order valence-electron chi connectivity index (χ0n) is 10.4. The fourth-order valence-corrected chi connectivity index (χ4v) is 1.59. The number of nitrogens with two attached hydrogens (primary N) is 1. The minimum absolute atomic E-state index is 0.0604. The number of nitrogen functional groups attached to an aromatic ring is 1. The fraction of sp³-hybridized carbons (Fsp3) is 0.0714. The van der Waals surface area contributed by atoms with E-state index in [1.807, 2.05) is 5.43 Å². The zero-order valence-corrected chi connectivity index (χ0v) is 10.4. The van der Waals surface area contributed by atoms with Crippen molar-refractivity contribution in [3.8, 4) is 5.75 Å². The van der Waals surface area contributed by atoms with E-state index in [-0.39, 0.29) is 12.4 Å². The van der Waals surface area contributed by atoms with Crippen LogP contribution in [0.5, 0.6) is 5.75 Å². The maximum absolute atomic E-state index is 13.4. The molecule has 0 atom stereocenters. The lowest BCUT2D eigenvalue weighted by Gasteiger charge is -2.08. The standard InChI is InChI=1S/C14H12F2N2O2/c15-11-2-1-3-12(13(11)16)20-8-9-4-6-10(7-5-9)14(19)18-17/h1-7H,8,17H2,(H,18,19). The number of ether oxygens (including phenoxy) is 1. The Morgan fingerprint density at radius 3 is 2.50 bits per heavy atom. The van der Waals surface area contributed by atoms with Gasteiger partial charge in [0.1, 0.15) is 6.61 Å². The van der Waals surface area contributed by atoms with Crippen LogP contribution in [0.15, 0.2) is 42.5 Å². The van der Waals surface area contributed by atoms with Gasteiger partial charge in [-0.2, -0.15) is 4.39 Å². The van der Waals surface area contributed by atoms with Crippen molar-refractivity contribution < 1.29 is 18.3 Å². The van der Waals surface area contributed by atoms with E-state index >= 15 is 0 Å². The first-order valence-corrected chi connectivity index (χ1v) is 5.78. The van der Waals surface area contributed by atoms with E-state index in [4.69, 9.17) is 10.6 Å². The van der Waals surface area contributed by atoms with Crippen LogP contribution in [0.25, 0.3) is 0 Å². The molecule has 20 heavy (non-hydrogen) atoms. The lowest BCUT2D eigenvalue weighted by molar-refractivity contribution is 0.0953. The summed E-state index contributed by atoms with van der Waals surface area (Å²) in [5.74, 6) is 2.46. The van der Waals surface area contributed by atoms with Crippen molar-refractivity contribution in [3.05, 3.63) is 65.2 Å². The first-order chi connectivity index (χ1) is 9.61. The van der Waals surface area contributed by atoms with Gasteiger partial charge >= 0.3 is 0 Å². The summed E-state index contributed by atoms with van der Waals surface area (Å²) >= 11 is 0. The van der Waals surface area contributed by atoms with Gasteiger partial charge in [0.2, 0.25) is 5.82 Å². The summed E-state index contributed by atoms with van der Waals surface area (Å²) in [6.45, 7) is 0.0604. The third-order valence-corrected chi connectivity index (χ3v) is 2.66. The number of amides is 1. The molecule has 0 aromatic heterocycles. The van der Waals surface area contributed by atoms with Crippen LogP contribution in [0.4, 0.5) is 8.78 Å². The van der Waals surface area contributed by atoms with Gasteiger partial charge in [-0.3, -0.25) is 10.2 Å². The number of hydrazine groups is 1. The van der Waals surface area contributed by atoms with Gasteiger partial charge in [-0.1, -0.05) is 18.2 Å². The van der Waals surface area contributed by atoms with E-state index < -0.39 is 17.5 Å². The molecule has 6 heteroatoms. The summed E-state index contributed by atoms with van der Waals surface area (Å²) in [5.41, 5.74) is 3.12. The molecule has 0 saturated carbocycles. The molecule has 0 aliphatic carbocycles. The number of hydrogen-bond acceptors (Lipinski definition) is 3. The molecule has 2 rings (SSSR count). The summed E-state index contributed by atoms with van der Waals surface area (Å²) < 4.78 is 31.5. The smallest absolute Gasteiger partial charge is 0.265 e. The number of carbonyl (C=O) groups excluding carboxylic acids is 1. The molecular formula is C14H12F2N2O2. The van der Waals surface area contributed by atoms with Crippen molar-refractivity contribution in [1.29, 1.82) is 0 Å². The van der Waals surface area contributed by atoms with Crippen LogP contribution in [0.1, 0.15) is 15.9 Å². The van der Waals surface area contributed by atoms with Gasteiger partial charge in [0, 0.05) is 5.56 Å². The Hall–Kier alpha value is -2.47. The maximum Gasteiger partial charge on any atom is 0.265 e. The molecule has 0 saturated heterocycles. The van der Waals surface area contributed by atoms with Gasteiger partial charge in [0.05, 0.1) is 0 Å². The summed E-state index contributed by atoms with van der Waals surface area (Å²) in [6, 6.07) is 10.1. The molecule has 0 radical (unpaired) electrons. The van der Waals surface area contributed by atoms with E-state index in [1.165, 1.54) is 12.1 Å². The predicted octanol–water partition coefficient (Wildman–Crippen LogP) is 2.15. The molecule has 104 valence electrons. The molecule has 0 bridgehead atoms. The molecule has 0 fully saturated rings.